The third-order valence-electron chi connectivity index (χ3n) is 2.69. The molecule has 0 aliphatic rings. The number of benzene rings is 1. The standard InChI is InChI=1S/C14H12F3N3O2S/c1-23-13-19-10(7-18-8-21)6-12(20-13)9-2-4-11(5-3-9)22-14(15,16)17/h2-6,8H,7H2,1H3,(H,18,21). The van der Waals surface area contributed by atoms with Crippen LogP contribution in [0.4, 0.5) is 13.2 Å². The van der Waals surface area contributed by atoms with E-state index < -0.39 is 6.36 Å². The van der Waals surface area contributed by atoms with Gasteiger partial charge in [0.2, 0.25) is 6.41 Å². The predicted octanol–water partition coefficient (Wildman–Crippen LogP) is 3.01. The van der Waals surface area contributed by atoms with E-state index in [9.17, 15) is 18.0 Å². The van der Waals surface area contributed by atoms with E-state index in [0.717, 1.165) is 0 Å². The molecular formula is C14H12F3N3O2S. The van der Waals surface area contributed by atoms with Crippen LogP contribution in [0.2, 0.25) is 0 Å². The molecule has 2 aromatic rings. The highest BCUT2D eigenvalue weighted by atomic mass is 32.2. The molecule has 1 N–H and O–H groups in total. The molecule has 0 radical (unpaired) electrons. The molecule has 0 fully saturated rings. The SMILES string of the molecule is CSc1nc(CNC=O)cc(-c2ccc(OC(F)(F)F)cc2)n1. The first-order chi connectivity index (χ1) is 10.9. The molecule has 1 amide bonds. The number of rotatable bonds is 6. The topological polar surface area (TPSA) is 64.1 Å². The molecular weight excluding hydrogens is 331 g/mol. The Balaban J connectivity index is 2.27. The summed E-state index contributed by atoms with van der Waals surface area (Å²) in [6.07, 6.45) is -2.36. The largest absolute Gasteiger partial charge is 0.573 e. The molecule has 0 saturated heterocycles. The van der Waals surface area contributed by atoms with Crippen molar-refractivity contribution in [2.24, 2.45) is 0 Å². The molecule has 23 heavy (non-hydrogen) atoms. The van der Waals surface area contributed by atoms with E-state index >= 15 is 0 Å². The Hall–Kier alpha value is -2.29. The number of nitrogens with one attached hydrogen (secondary N) is 1. The quantitative estimate of drug-likeness (QED) is 0.496. The van der Waals surface area contributed by atoms with Gasteiger partial charge in [0.15, 0.2) is 5.16 Å². The molecule has 0 bridgehead atoms. The lowest BCUT2D eigenvalue weighted by atomic mass is 10.1. The lowest BCUT2D eigenvalue weighted by Gasteiger charge is -2.10. The average molecular weight is 343 g/mol. The van der Waals surface area contributed by atoms with Crippen molar-refractivity contribution in [3.8, 4) is 17.0 Å². The van der Waals surface area contributed by atoms with Gasteiger partial charge in [0.25, 0.3) is 0 Å². The van der Waals surface area contributed by atoms with Crippen molar-refractivity contribution in [1.82, 2.24) is 15.3 Å². The van der Waals surface area contributed by atoms with Crippen molar-refractivity contribution in [1.29, 1.82) is 0 Å². The van der Waals surface area contributed by atoms with Crippen molar-refractivity contribution in [2.75, 3.05) is 6.26 Å². The molecule has 1 aromatic heterocycles. The van der Waals surface area contributed by atoms with E-state index in [4.69, 9.17) is 0 Å². The number of carbonyl (C=O) groups excluding carboxylic acids is 1. The summed E-state index contributed by atoms with van der Waals surface area (Å²) in [5, 5.41) is 3.01. The van der Waals surface area contributed by atoms with Crippen LogP contribution in [0.15, 0.2) is 35.5 Å². The molecule has 1 aromatic carbocycles. The van der Waals surface area contributed by atoms with Gasteiger partial charge in [0.1, 0.15) is 5.75 Å². The van der Waals surface area contributed by atoms with Crippen LogP contribution < -0.4 is 10.1 Å². The summed E-state index contributed by atoms with van der Waals surface area (Å²) < 4.78 is 40.3. The second-order valence-corrected chi connectivity index (χ2v) is 5.08. The second-order valence-electron chi connectivity index (χ2n) is 4.30. The van der Waals surface area contributed by atoms with Crippen molar-refractivity contribution < 1.29 is 22.7 Å². The lowest BCUT2D eigenvalue weighted by molar-refractivity contribution is -0.274. The van der Waals surface area contributed by atoms with Crippen molar-refractivity contribution >= 4 is 18.2 Å². The zero-order valence-electron chi connectivity index (χ0n) is 11.9. The number of nitrogens with zero attached hydrogens (tertiary/aromatic N) is 2. The Bertz CT molecular complexity index is 678. The van der Waals surface area contributed by atoms with E-state index in [-0.39, 0.29) is 12.3 Å². The number of aromatic nitrogens is 2. The van der Waals surface area contributed by atoms with Gasteiger partial charge >= 0.3 is 6.36 Å². The van der Waals surface area contributed by atoms with E-state index in [1.54, 1.807) is 12.3 Å². The molecule has 2 rings (SSSR count). The molecule has 5 nitrogen and oxygen atoms in total. The van der Waals surface area contributed by atoms with E-state index in [0.29, 0.717) is 28.5 Å². The first kappa shape index (κ1) is 17.1. The van der Waals surface area contributed by atoms with Crippen LogP contribution in [-0.4, -0.2) is 29.0 Å². The van der Waals surface area contributed by atoms with Crippen LogP contribution in [0.5, 0.6) is 5.75 Å². The molecule has 122 valence electrons. The number of carbonyl (C=O) groups is 1. The summed E-state index contributed by atoms with van der Waals surface area (Å²) in [6.45, 7) is 0.238. The van der Waals surface area contributed by atoms with E-state index in [2.05, 4.69) is 20.0 Å². The van der Waals surface area contributed by atoms with Crippen LogP contribution in [0, 0.1) is 0 Å². The van der Waals surface area contributed by atoms with Gasteiger partial charge in [-0.3, -0.25) is 4.79 Å². The average Bonchev–Trinajstić information content (AvgIpc) is 2.51. The van der Waals surface area contributed by atoms with Gasteiger partial charge in [-0.05, 0) is 36.6 Å². The van der Waals surface area contributed by atoms with Crippen molar-refractivity contribution in [2.45, 2.75) is 18.1 Å². The Morgan fingerprint density at radius 2 is 1.96 bits per heavy atom. The summed E-state index contributed by atoms with van der Waals surface area (Å²) in [5.74, 6) is -0.303. The van der Waals surface area contributed by atoms with Gasteiger partial charge in [-0.2, -0.15) is 0 Å². The maximum Gasteiger partial charge on any atom is 0.573 e. The minimum atomic E-state index is -4.73. The molecule has 1 heterocycles. The third-order valence-corrected chi connectivity index (χ3v) is 3.24. The molecule has 0 unspecified atom stereocenters. The zero-order chi connectivity index (χ0) is 16.9. The van der Waals surface area contributed by atoms with Gasteiger partial charge in [-0.15, -0.1) is 13.2 Å². The van der Waals surface area contributed by atoms with Crippen LogP contribution in [0.25, 0.3) is 11.3 Å². The number of hydrogen-bond acceptors (Lipinski definition) is 5. The van der Waals surface area contributed by atoms with Gasteiger partial charge < -0.3 is 10.1 Å². The third kappa shape index (κ3) is 5.13. The monoisotopic (exact) mass is 343 g/mol. The summed E-state index contributed by atoms with van der Waals surface area (Å²) in [4.78, 5) is 18.9. The fraction of sp³-hybridized carbons (Fsp3) is 0.214. The number of ether oxygens (including phenoxy) is 1. The fourth-order valence-electron chi connectivity index (χ4n) is 1.78. The van der Waals surface area contributed by atoms with Crippen molar-refractivity contribution in [3.05, 3.63) is 36.0 Å². The van der Waals surface area contributed by atoms with Crippen LogP contribution in [-0.2, 0) is 11.3 Å². The first-order valence-corrected chi connectivity index (χ1v) is 7.59. The van der Waals surface area contributed by atoms with Crippen LogP contribution >= 0.6 is 11.8 Å². The van der Waals surface area contributed by atoms with Gasteiger partial charge in [-0.1, -0.05) is 11.8 Å². The van der Waals surface area contributed by atoms with E-state index in [1.165, 1.54) is 36.0 Å². The Kier molecular flexibility index (Phi) is 5.43. The predicted molar refractivity (Wildman–Crippen MR) is 78.8 cm³/mol. The number of amides is 1. The number of thioether (sulfide) groups is 1. The summed E-state index contributed by atoms with van der Waals surface area (Å²) in [6, 6.07) is 7.05. The number of alkyl halides is 3. The zero-order valence-corrected chi connectivity index (χ0v) is 12.7. The minimum absolute atomic E-state index is 0.238. The first-order valence-electron chi connectivity index (χ1n) is 6.36. The smallest absolute Gasteiger partial charge is 0.406 e. The highest BCUT2D eigenvalue weighted by molar-refractivity contribution is 7.98. The molecule has 0 aliphatic heterocycles. The normalized spacial score (nSPS) is 11.1. The maximum atomic E-state index is 12.2. The maximum absolute atomic E-state index is 12.2. The van der Waals surface area contributed by atoms with Crippen LogP contribution in [0.1, 0.15) is 5.69 Å². The minimum Gasteiger partial charge on any atom is -0.406 e. The summed E-state index contributed by atoms with van der Waals surface area (Å²) in [5.41, 5.74) is 1.76. The lowest BCUT2D eigenvalue weighted by Crippen LogP contribution is -2.16. The van der Waals surface area contributed by atoms with E-state index in [1.807, 2.05) is 0 Å². The molecule has 0 spiro atoms. The van der Waals surface area contributed by atoms with Crippen LogP contribution in [0.3, 0.4) is 0 Å². The molecule has 0 atom stereocenters. The number of halogens is 3. The number of hydrogen-bond donors (Lipinski definition) is 1. The molecule has 0 saturated carbocycles. The second kappa shape index (κ2) is 7.32. The summed E-state index contributed by atoms with van der Waals surface area (Å²) in [7, 11) is 0. The summed E-state index contributed by atoms with van der Waals surface area (Å²) >= 11 is 1.32. The highest BCUT2D eigenvalue weighted by Crippen LogP contribution is 2.26. The van der Waals surface area contributed by atoms with Crippen molar-refractivity contribution in [3.63, 3.8) is 0 Å². The van der Waals surface area contributed by atoms with Gasteiger partial charge in [0.05, 0.1) is 17.9 Å². The van der Waals surface area contributed by atoms with Gasteiger partial charge in [0, 0.05) is 5.56 Å². The van der Waals surface area contributed by atoms with Gasteiger partial charge in [-0.25, -0.2) is 9.97 Å². The Morgan fingerprint density at radius 1 is 1.26 bits per heavy atom. The molecule has 0 aliphatic carbocycles. The Labute approximate surface area is 134 Å². The fourth-order valence-corrected chi connectivity index (χ4v) is 2.17. The Morgan fingerprint density at radius 3 is 2.52 bits per heavy atom. The molecule has 9 heteroatoms. The highest BCUT2D eigenvalue weighted by Gasteiger charge is 2.30.